The molecular weight excluding hydrogens is 513 g/mol. The van der Waals surface area contributed by atoms with Crippen molar-refractivity contribution in [1.82, 2.24) is 15.1 Å². The van der Waals surface area contributed by atoms with Gasteiger partial charge in [-0.2, -0.15) is 13.2 Å². The van der Waals surface area contributed by atoms with E-state index in [0.717, 1.165) is 18.9 Å². The van der Waals surface area contributed by atoms with Crippen LogP contribution in [0.3, 0.4) is 0 Å². The largest absolute Gasteiger partial charge is 0.401 e. The first-order valence-corrected chi connectivity index (χ1v) is 10.2. The second-order valence-corrected chi connectivity index (χ2v) is 7.63. The lowest BCUT2D eigenvalue weighted by Crippen LogP contribution is -2.52. The Bertz CT molecular complexity index is 692. The van der Waals surface area contributed by atoms with E-state index in [9.17, 15) is 17.6 Å². The van der Waals surface area contributed by atoms with E-state index >= 15 is 0 Å². The summed E-state index contributed by atoms with van der Waals surface area (Å²) in [7, 11) is 0. The summed E-state index contributed by atoms with van der Waals surface area (Å²) in [6.07, 6.45) is -3.41. The van der Waals surface area contributed by atoms with Crippen LogP contribution in [0.4, 0.5) is 23.2 Å². The predicted molar refractivity (Wildman–Crippen MR) is 122 cm³/mol. The summed E-state index contributed by atoms with van der Waals surface area (Å²) in [5.74, 6) is 0.715. The lowest BCUT2D eigenvalue weighted by molar-refractivity contribution is -0.143. The van der Waals surface area contributed by atoms with Crippen LogP contribution in [0.5, 0.6) is 0 Å². The zero-order valence-electron chi connectivity index (χ0n) is 17.2. The molecule has 2 aliphatic heterocycles. The van der Waals surface area contributed by atoms with Crippen molar-refractivity contribution in [2.24, 2.45) is 10.9 Å². The van der Waals surface area contributed by atoms with Crippen molar-refractivity contribution in [3.05, 3.63) is 30.1 Å². The van der Waals surface area contributed by atoms with Crippen LogP contribution in [0, 0.1) is 11.7 Å². The quantitative estimate of drug-likeness (QED) is 0.267. The van der Waals surface area contributed by atoms with Crippen LogP contribution in [-0.2, 0) is 0 Å². The van der Waals surface area contributed by atoms with Gasteiger partial charge in [-0.1, -0.05) is 12.1 Å². The van der Waals surface area contributed by atoms with Crippen LogP contribution in [-0.4, -0.2) is 80.8 Å². The molecule has 0 saturated carbocycles. The number of hydrogen-bond acceptors (Lipinski definition) is 3. The second kappa shape index (κ2) is 11.4. The molecule has 1 N–H and O–H groups in total. The number of hydrogen-bond donors (Lipinski definition) is 1. The Balaban J connectivity index is 0.00000320. The Morgan fingerprint density at radius 1 is 1.13 bits per heavy atom. The molecule has 3 rings (SSSR count). The first kappa shape index (κ1) is 25.0. The highest BCUT2D eigenvalue weighted by Crippen LogP contribution is 2.23. The summed E-state index contributed by atoms with van der Waals surface area (Å²) in [6, 6.07) is 6.78. The van der Waals surface area contributed by atoms with Crippen LogP contribution in [0.1, 0.15) is 13.3 Å². The predicted octanol–water partition coefficient (Wildman–Crippen LogP) is 3.42. The molecule has 170 valence electrons. The van der Waals surface area contributed by atoms with Crippen LogP contribution in [0.2, 0.25) is 0 Å². The third kappa shape index (κ3) is 7.14. The smallest absolute Gasteiger partial charge is 0.366 e. The van der Waals surface area contributed by atoms with Gasteiger partial charge in [0, 0.05) is 45.8 Å². The molecule has 2 saturated heterocycles. The number of halogens is 5. The van der Waals surface area contributed by atoms with E-state index in [1.165, 1.54) is 11.0 Å². The highest BCUT2D eigenvalue weighted by atomic mass is 127. The van der Waals surface area contributed by atoms with Crippen molar-refractivity contribution in [3.8, 4) is 0 Å². The summed E-state index contributed by atoms with van der Waals surface area (Å²) >= 11 is 0. The van der Waals surface area contributed by atoms with Crippen molar-refractivity contribution in [2.75, 3.05) is 63.8 Å². The number of alkyl halides is 3. The average molecular weight is 543 g/mol. The van der Waals surface area contributed by atoms with Crippen molar-refractivity contribution in [1.29, 1.82) is 0 Å². The Kier molecular flexibility index (Phi) is 9.45. The number of nitrogens with one attached hydrogen (secondary N) is 1. The van der Waals surface area contributed by atoms with Gasteiger partial charge < -0.3 is 15.1 Å². The number of benzene rings is 1. The average Bonchev–Trinajstić information content (AvgIpc) is 3.11. The van der Waals surface area contributed by atoms with Crippen LogP contribution < -0.4 is 10.2 Å². The molecule has 0 spiro atoms. The third-order valence-corrected chi connectivity index (χ3v) is 5.38. The molecule has 0 bridgehead atoms. The third-order valence-electron chi connectivity index (χ3n) is 5.38. The van der Waals surface area contributed by atoms with E-state index in [-0.39, 0.29) is 35.7 Å². The minimum Gasteiger partial charge on any atom is -0.366 e. The molecular formula is C20H30F4IN5. The molecule has 5 nitrogen and oxygen atoms in total. The minimum atomic E-state index is -4.15. The van der Waals surface area contributed by atoms with Gasteiger partial charge in [0.2, 0.25) is 0 Å². The number of likely N-dealkylation sites (tertiary alicyclic amines) is 1. The number of para-hydroxylation sites is 1. The van der Waals surface area contributed by atoms with E-state index in [1.54, 1.807) is 12.1 Å². The van der Waals surface area contributed by atoms with Crippen molar-refractivity contribution < 1.29 is 17.6 Å². The molecule has 1 unspecified atom stereocenters. The Morgan fingerprint density at radius 2 is 1.83 bits per heavy atom. The van der Waals surface area contributed by atoms with Gasteiger partial charge in [-0.3, -0.25) is 9.89 Å². The van der Waals surface area contributed by atoms with E-state index in [1.807, 2.05) is 17.9 Å². The normalized spacial score (nSPS) is 21.0. The number of anilines is 1. The van der Waals surface area contributed by atoms with E-state index in [2.05, 4.69) is 10.2 Å². The van der Waals surface area contributed by atoms with Gasteiger partial charge in [-0.15, -0.1) is 24.0 Å². The number of piperazine rings is 1. The summed E-state index contributed by atoms with van der Waals surface area (Å²) in [4.78, 5) is 10.3. The fourth-order valence-electron chi connectivity index (χ4n) is 3.97. The van der Waals surface area contributed by atoms with Crippen LogP contribution >= 0.6 is 24.0 Å². The number of nitrogens with zero attached hydrogens (tertiary/aromatic N) is 4. The van der Waals surface area contributed by atoms with Crippen molar-refractivity contribution >= 4 is 35.6 Å². The maximum atomic E-state index is 14.0. The molecule has 0 radical (unpaired) electrons. The molecule has 10 heteroatoms. The van der Waals surface area contributed by atoms with Gasteiger partial charge in [0.15, 0.2) is 5.96 Å². The van der Waals surface area contributed by atoms with Gasteiger partial charge in [0.05, 0.1) is 12.2 Å². The van der Waals surface area contributed by atoms with Gasteiger partial charge in [0.1, 0.15) is 5.82 Å². The molecule has 1 aromatic rings. The van der Waals surface area contributed by atoms with Crippen molar-refractivity contribution in [3.63, 3.8) is 0 Å². The summed E-state index contributed by atoms with van der Waals surface area (Å²) < 4.78 is 51.7. The highest BCUT2D eigenvalue weighted by Gasteiger charge is 2.34. The lowest BCUT2D eigenvalue weighted by Gasteiger charge is -2.37. The highest BCUT2D eigenvalue weighted by molar-refractivity contribution is 14.0. The summed E-state index contributed by atoms with van der Waals surface area (Å²) in [6.45, 7) is 6.10. The van der Waals surface area contributed by atoms with E-state index in [0.29, 0.717) is 51.5 Å². The molecule has 30 heavy (non-hydrogen) atoms. The fourth-order valence-corrected chi connectivity index (χ4v) is 3.97. The minimum absolute atomic E-state index is 0. The van der Waals surface area contributed by atoms with Gasteiger partial charge in [-0.05, 0) is 37.9 Å². The van der Waals surface area contributed by atoms with Gasteiger partial charge >= 0.3 is 6.18 Å². The molecule has 0 amide bonds. The molecule has 2 fully saturated rings. The zero-order valence-corrected chi connectivity index (χ0v) is 19.5. The molecule has 0 aromatic heterocycles. The maximum Gasteiger partial charge on any atom is 0.401 e. The molecule has 0 aliphatic carbocycles. The van der Waals surface area contributed by atoms with E-state index < -0.39 is 12.7 Å². The number of rotatable bonds is 5. The van der Waals surface area contributed by atoms with Gasteiger partial charge in [0.25, 0.3) is 0 Å². The Hall–Kier alpha value is -1.30. The van der Waals surface area contributed by atoms with Gasteiger partial charge in [-0.25, -0.2) is 4.39 Å². The second-order valence-electron chi connectivity index (χ2n) is 7.63. The Morgan fingerprint density at radius 3 is 2.47 bits per heavy atom. The zero-order chi connectivity index (χ0) is 20.9. The maximum absolute atomic E-state index is 14.0. The van der Waals surface area contributed by atoms with Crippen LogP contribution in [0.15, 0.2) is 29.3 Å². The molecule has 2 aliphatic rings. The van der Waals surface area contributed by atoms with Crippen molar-refractivity contribution in [2.45, 2.75) is 19.5 Å². The number of guanidine groups is 1. The number of aliphatic imine (C=N–C) groups is 1. The molecule has 1 aromatic carbocycles. The molecule has 1 atom stereocenters. The summed E-state index contributed by atoms with van der Waals surface area (Å²) in [5, 5.41) is 3.28. The fraction of sp³-hybridized carbons (Fsp3) is 0.650. The monoisotopic (exact) mass is 543 g/mol. The van der Waals surface area contributed by atoms with Crippen LogP contribution in [0.25, 0.3) is 0 Å². The molecule has 2 heterocycles. The Labute approximate surface area is 192 Å². The van der Waals surface area contributed by atoms with E-state index in [4.69, 9.17) is 4.99 Å². The first-order chi connectivity index (χ1) is 13.9. The standard InChI is InChI=1S/C20H29F4N5.HI/c1-2-25-19(26-13-16-7-8-27(14-16)15-20(22,23)24)29-11-9-28(10-12-29)18-6-4-3-5-17(18)21;/h3-6,16H,2,7-15H2,1H3,(H,25,26);1H. The lowest BCUT2D eigenvalue weighted by atomic mass is 10.1. The summed E-state index contributed by atoms with van der Waals surface area (Å²) in [5.41, 5.74) is 0.616. The topological polar surface area (TPSA) is 34.1 Å². The first-order valence-electron chi connectivity index (χ1n) is 10.2. The SMILES string of the molecule is CCNC(=NCC1CCN(CC(F)(F)F)C1)N1CCN(c2ccccc2F)CC1.I.